The first-order chi connectivity index (χ1) is 54.3. The number of rotatable bonds is 20. The molecule has 0 N–H and O–H groups in total. The molecule has 1 saturated heterocycles. The molecule has 0 radical (unpaired) electrons. The number of benzene rings is 5. The van der Waals surface area contributed by atoms with Crippen molar-refractivity contribution >= 4 is 0 Å². The largest absolute Gasteiger partial charge is 0.493 e. The lowest BCUT2D eigenvalue weighted by Gasteiger charge is -2.28. The van der Waals surface area contributed by atoms with E-state index >= 15 is 0 Å². The summed E-state index contributed by atoms with van der Waals surface area (Å²) >= 11 is 0. The quantitative estimate of drug-likeness (QED) is 0.0676. The fourth-order valence-electron chi connectivity index (χ4n) is 12.5. The van der Waals surface area contributed by atoms with Gasteiger partial charge in [-0.1, -0.05) is 189 Å². The van der Waals surface area contributed by atoms with E-state index in [-0.39, 0.29) is 79.0 Å². The van der Waals surface area contributed by atoms with Gasteiger partial charge in [-0.3, -0.25) is 4.90 Å². The molecule has 7 aromatic rings. The number of ether oxygens (including phenoxy) is 7. The van der Waals surface area contributed by atoms with Crippen LogP contribution >= 0.6 is 0 Å². The molecule has 7 fully saturated rings. The van der Waals surface area contributed by atoms with Gasteiger partial charge in [0, 0.05) is 29.5 Å². The molecular formula is C98H137F6N5O7. The van der Waals surface area contributed by atoms with E-state index < -0.39 is 11.8 Å². The van der Waals surface area contributed by atoms with Gasteiger partial charge >= 0.3 is 0 Å². The lowest BCUT2D eigenvalue weighted by molar-refractivity contribution is 0.0755. The van der Waals surface area contributed by atoms with Crippen molar-refractivity contribution in [2.75, 3.05) is 59.3 Å². The van der Waals surface area contributed by atoms with E-state index in [1.54, 1.807) is 12.1 Å². The Balaban J connectivity index is 0.000000155. The van der Waals surface area contributed by atoms with Gasteiger partial charge in [0.1, 0.15) is 54.1 Å². The summed E-state index contributed by atoms with van der Waals surface area (Å²) in [6.07, 6.45) is 22.5. The van der Waals surface area contributed by atoms with Crippen LogP contribution in [0.4, 0.5) is 26.3 Å². The van der Waals surface area contributed by atoms with Crippen LogP contribution < -0.4 is 33.2 Å². The highest BCUT2D eigenvalue weighted by Gasteiger charge is 2.37. The molecule has 638 valence electrons. The average Bonchev–Trinajstić information content (AvgIpc) is 1.55. The summed E-state index contributed by atoms with van der Waals surface area (Å²) in [6.45, 7) is 51.2. The maximum atomic E-state index is 13.7. The molecule has 0 spiro atoms. The molecule has 6 aliphatic carbocycles. The van der Waals surface area contributed by atoms with Crippen LogP contribution in [0.5, 0.6) is 40.5 Å². The van der Waals surface area contributed by atoms with Crippen LogP contribution in [0.3, 0.4) is 0 Å². The van der Waals surface area contributed by atoms with Gasteiger partial charge < -0.3 is 33.2 Å². The minimum atomic E-state index is -0.617. The minimum absolute atomic E-state index is 0.00736. The van der Waals surface area contributed by atoms with Crippen molar-refractivity contribution in [1.82, 2.24) is 24.8 Å². The Labute approximate surface area is 691 Å². The molecule has 12 nitrogen and oxygen atoms in total. The Kier molecular flexibility index (Phi) is 31.8. The Morgan fingerprint density at radius 1 is 0.414 bits per heavy atom. The van der Waals surface area contributed by atoms with Gasteiger partial charge in [-0.05, 0) is 247 Å². The van der Waals surface area contributed by atoms with Crippen molar-refractivity contribution in [3.63, 3.8) is 0 Å². The zero-order valence-corrected chi connectivity index (χ0v) is 73.9. The maximum Gasteiger partial charge on any atom is 0.275 e. The van der Waals surface area contributed by atoms with Crippen molar-refractivity contribution in [3.05, 3.63) is 183 Å². The number of halogens is 6. The van der Waals surface area contributed by atoms with Gasteiger partial charge in [-0.2, -0.15) is 13.8 Å². The molecule has 8 aliphatic rings. The summed E-state index contributed by atoms with van der Waals surface area (Å²) in [6, 6.07) is 26.9. The molecule has 0 amide bonds. The number of hydrogen-bond acceptors (Lipinski definition) is 12. The number of likely N-dealkylation sites (tertiary alicyclic amines) is 1. The molecular weight excluding hydrogens is 1470 g/mol. The number of aryl methyl sites for hydroxylation is 1. The normalized spacial score (nSPS) is 17.5. The molecule has 2 aromatic heterocycles. The molecule has 6 saturated carbocycles. The van der Waals surface area contributed by atoms with Crippen LogP contribution in [-0.4, -0.2) is 90.2 Å². The van der Waals surface area contributed by atoms with E-state index in [0.717, 1.165) is 97.0 Å². The van der Waals surface area contributed by atoms with E-state index in [2.05, 4.69) is 147 Å². The first-order valence-corrected chi connectivity index (χ1v) is 42.9. The van der Waals surface area contributed by atoms with E-state index in [1.165, 1.54) is 138 Å². The molecule has 1 unspecified atom stereocenters. The molecule has 4 heterocycles. The molecule has 0 bridgehead atoms. The molecule has 15 rings (SSSR count). The van der Waals surface area contributed by atoms with Gasteiger partial charge in [-0.25, -0.2) is 32.5 Å². The highest BCUT2D eigenvalue weighted by Crippen LogP contribution is 2.44. The van der Waals surface area contributed by atoms with Crippen LogP contribution in [-0.2, 0) is 44.3 Å². The van der Waals surface area contributed by atoms with Crippen molar-refractivity contribution in [2.45, 2.75) is 292 Å². The summed E-state index contributed by atoms with van der Waals surface area (Å²) in [5.74, 6) is 6.65. The lowest BCUT2D eigenvalue weighted by Crippen LogP contribution is -2.31. The van der Waals surface area contributed by atoms with Crippen LogP contribution in [0.2, 0.25) is 0 Å². The standard InChI is InChI=1S/C16H24FNO.C15H21F.C15H20O2.2C14H19FO.2C12H17FN2O/c1-16(2,3)13-6-7-14(17)15(12-13)19-11-10-18-8-4-5-9-18;1-15(2,3)13-8-9-14(16)12(10-13)7-6-11-4-5-11;1-15(2,3)11-6-7-12-13(8-11)17-14(9-16-12)10-4-5-10;1-14(2,3)11-6-12(15)8-13(7-11)16-9-10-4-5-10;1-14(2,3)12-7-6-11(15)8-13(12)16-9-10-4-5-10;1-12(2,3)9-6-14-10(13)11(15-9)16-7-8-4-5-8;1-12(2,3)11-14-6-9(13)10(15-11)16-7-8-4-5-8/h6-7,12H,4-5,8-11H2,1-3H3;8-11H,4-7H2,1-3H3;6-8,10,14H,4-5,9H2,1-3H3;2*6-8,10H,4-5,9H2,1-3H3;2*6,8H,4-5,7H2,1-3H3. The summed E-state index contributed by atoms with van der Waals surface area (Å²) in [5.41, 5.74) is 7.26. The number of fused-ring (bicyclic) bond motifs is 1. The second kappa shape index (κ2) is 40.0. The summed E-state index contributed by atoms with van der Waals surface area (Å²) in [7, 11) is 0. The number of aromatic nitrogens is 4. The van der Waals surface area contributed by atoms with Crippen molar-refractivity contribution in [2.24, 2.45) is 35.5 Å². The molecule has 18 heteroatoms. The van der Waals surface area contributed by atoms with Crippen molar-refractivity contribution < 1.29 is 59.5 Å². The highest BCUT2D eigenvalue weighted by atomic mass is 19.1. The fraction of sp³-hybridized carbons (Fsp3) is 0.612. The van der Waals surface area contributed by atoms with Gasteiger partial charge in [0.15, 0.2) is 23.1 Å². The predicted molar refractivity (Wildman–Crippen MR) is 455 cm³/mol. The third-order valence-corrected chi connectivity index (χ3v) is 21.7. The average molecular weight is 1610 g/mol. The molecule has 5 aromatic carbocycles. The van der Waals surface area contributed by atoms with Crippen LogP contribution in [0.15, 0.2) is 103 Å². The Hall–Kier alpha value is -7.60. The van der Waals surface area contributed by atoms with E-state index in [9.17, 15) is 26.3 Å². The Morgan fingerprint density at radius 2 is 0.948 bits per heavy atom. The number of nitrogens with zero attached hydrogens (tertiary/aromatic N) is 5. The third-order valence-electron chi connectivity index (χ3n) is 21.7. The van der Waals surface area contributed by atoms with Crippen molar-refractivity contribution in [1.29, 1.82) is 0 Å². The monoisotopic (exact) mass is 1610 g/mol. The Bertz CT molecular complexity index is 4080. The SMILES string of the molecule is CC(C)(C)c1cc(F)cc(OCC2CC2)c1.CC(C)(C)c1ccc(F)c(CCC2CC2)c1.CC(C)(C)c1ccc(F)c(OCCN2CCCC2)c1.CC(C)(C)c1ccc(F)cc1OCC1CC1.CC(C)(C)c1ccc2c(c1)OC(C1CC1)CO2.CC(C)(C)c1cnc(F)c(OCC2CC2)n1.CC(C)(C)c1ncc(F)c(OCC2CC2)n1. The van der Waals surface area contributed by atoms with E-state index in [4.69, 9.17) is 33.2 Å². The Morgan fingerprint density at radius 3 is 1.49 bits per heavy atom. The van der Waals surface area contributed by atoms with Crippen LogP contribution in [0.25, 0.3) is 0 Å². The van der Waals surface area contributed by atoms with E-state index in [1.807, 2.05) is 77.9 Å². The topological polar surface area (TPSA) is 119 Å². The molecule has 1 atom stereocenters. The van der Waals surface area contributed by atoms with Crippen LogP contribution in [0, 0.1) is 70.5 Å². The van der Waals surface area contributed by atoms with Gasteiger partial charge in [0.25, 0.3) is 17.7 Å². The van der Waals surface area contributed by atoms with Crippen LogP contribution in [0.1, 0.15) is 287 Å². The molecule has 116 heavy (non-hydrogen) atoms. The lowest BCUT2D eigenvalue weighted by atomic mass is 9.85. The second-order valence-electron chi connectivity index (χ2n) is 40.6. The summed E-state index contributed by atoms with van der Waals surface area (Å²) < 4.78 is 120. The smallest absolute Gasteiger partial charge is 0.275 e. The highest BCUT2D eigenvalue weighted by molar-refractivity contribution is 5.46. The summed E-state index contributed by atoms with van der Waals surface area (Å²) in [4.78, 5) is 18.4. The molecule has 2 aliphatic heterocycles. The fourth-order valence-corrected chi connectivity index (χ4v) is 12.5. The third kappa shape index (κ3) is 31.6. The van der Waals surface area contributed by atoms with Gasteiger partial charge in [-0.15, -0.1) is 0 Å². The zero-order valence-electron chi connectivity index (χ0n) is 73.9. The zero-order chi connectivity index (χ0) is 84.7. The first kappa shape index (κ1) is 92.3. The maximum absolute atomic E-state index is 13.7. The second-order valence-corrected chi connectivity index (χ2v) is 40.6. The minimum Gasteiger partial charge on any atom is -0.493 e. The van der Waals surface area contributed by atoms with E-state index in [0.29, 0.717) is 73.2 Å². The van der Waals surface area contributed by atoms with Gasteiger partial charge in [0.05, 0.1) is 44.5 Å². The van der Waals surface area contributed by atoms with Gasteiger partial charge in [0.2, 0.25) is 5.82 Å². The summed E-state index contributed by atoms with van der Waals surface area (Å²) in [5, 5.41) is 0. The first-order valence-electron chi connectivity index (χ1n) is 42.9. The number of hydrogen-bond donors (Lipinski definition) is 0. The van der Waals surface area contributed by atoms with Crippen molar-refractivity contribution in [3.8, 4) is 40.5 Å². The predicted octanol–water partition coefficient (Wildman–Crippen LogP) is 24.8.